The van der Waals surface area contributed by atoms with Crippen LogP contribution in [0.2, 0.25) is 0 Å². The minimum absolute atomic E-state index is 0.102. The van der Waals surface area contributed by atoms with Gasteiger partial charge in [0.25, 0.3) is 5.91 Å². The van der Waals surface area contributed by atoms with Gasteiger partial charge in [0.2, 0.25) is 5.91 Å². The van der Waals surface area contributed by atoms with E-state index in [9.17, 15) is 9.59 Å². The smallest absolute Gasteiger partial charge is 0.262 e. The van der Waals surface area contributed by atoms with Gasteiger partial charge in [-0.1, -0.05) is 38.1 Å². The van der Waals surface area contributed by atoms with Crippen LogP contribution in [0.5, 0.6) is 5.75 Å². The summed E-state index contributed by atoms with van der Waals surface area (Å²) in [7, 11) is 0. The molecule has 2 N–H and O–H groups in total. The molecule has 0 aromatic heterocycles. The molecule has 0 fully saturated rings. The number of nitrogens with one attached hydrogen (secondary N) is 2. The second-order valence-corrected chi connectivity index (χ2v) is 6.24. The summed E-state index contributed by atoms with van der Waals surface area (Å²) in [5, 5.41) is 5.62. The lowest BCUT2D eigenvalue weighted by Crippen LogP contribution is -2.21. The Morgan fingerprint density at radius 1 is 1.08 bits per heavy atom. The van der Waals surface area contributed by atoms with Crippen LogP contribution in [0.15, 0.2) is 42.5 Å². The summed E-state index contributed by atoms with van der Waals surface area (Å²) in [6, 6.07) is 12.9. The highest BCUT2D eigenvalue weighted by Gasteiger charge is 2.12. The van der Waals surface area contributed by atoms with Crippen molar-refractivity contribution in [1.29, 1.82) is 0 Å². The summed E-state index contributed by atoms with van der Waals surface area (Å²) in [5.74, 6) is 0.456. The summed E-state index contributed by atoms with van der Waals surface area (Å²) < 4.78 is 5.54. The SMILES string of the molecule is CC(=O)Nc1cccc(OCC(=O)Nc2c(C)cccc2C(C)C)c1. The van der Waals surface area contributed by atoms with Gasteiger partial charge in [-0.25, -0.2) is 0 Å². The first-order chi connectivity index (χ1) is 11.9. The van der Waals surface area contributed by atoms with Gasteiger partial charge in [0.1, 0.15) is 5.75 Å². The van der Waals surface area contributed by atoms with Crippen LogP contribution in [-0.2, 0) is 9.59 Å². The van der Waals surface area contributed by atoms with Gasteiger partial charge in [-0.15, -0.1) is 0 Å². The molecule has 0 unspecified atom stereocenters. The zero-order valence-corrected chi connectivity index (χ0v) is 15.1. The Morgan fingerprint density at radius 3 is 2.48 bits per heavy atom. The van der Waals surface area contributed by atoms with E-state index in [2.05, 4.69) is 24.5 Å². The Labute approximate surface area is 148 Å². The summed E-state index contributed by atoms with van der Waals surface area (Å²) >= 11 is 0. The van der Waals surface area contributed by atoms with Crippen molar-refractivity contribution >= 4 is 23.2 Å². The molecule has 2 rings (SSSR count). The van der Waals surface area contributed by atoms with Gasteiger partial charge >= 0.3 is 0 Å². The molecule has 0 bridgehead atoms. The highest BCUT2D eigenvalue weighted by atomic mass is 16.5. The van der Waals surface area contributed by atoms with Crippen molar-refractivity contribution in [2.45, 2.75) is 33.6 Å². The largest absolute Gasteiger partial charge is 0.484 e. The fraction of sp³-hybridized carbons (Fsp3) is 0.300. The maximum Gasteiger partial charge on any atom is 0.262 e. The molecule has 132 valence electrons. The molecule has 0 radical (unpaired) electrons. The van der Waals surface area contributed by atoms with Crippen LogP contribution < -0.4 is 15.4 Å². The first-order valence-corrected chi connectivity index (χ1v) is 8.26. The zero-order valence-electron chi connectivity index (χ0n) is 15.1. The number of hydrogen-bond donors (Lipinski definition) is 2. The molecule has 0 heterocycles. The molecule has 0 aliphatic heterocycles. The lowest BCUT2D eigenvalue weighted by Gasteiger charge is -2.16. The Hall–Kier alpha value is -2.82. The van der Waals surface area contributed by atoms with Gasteiger partial charge in [0, 0.05) is 24.4 Å². The molecule has 0 aliphatic rings. The quantitative estimate of drug-likeness (QED) is 0.832. The average Bonchev–Trinajstić information content (AvgIpc) is 2.54. The van der Waals surface area contributed by atoms with Gasteiger partial charge in [-0.05, 0) is 36.1 Å². The second-order valence-electron chi connectivity index (χ2n) is 6.24. The van der Waals surface area contributed by atoms with E-state index in [4.69, 9.17) is 4.74 Å². The van der Waals surface area contributed by atoms with Gasteiger partial charge in [-0.2, -0.15) is 0 Å². The number of ether oxygens (including phenoxy) is 1. The van der Waals surface area contributed by atoms with E-state index in [1.165, 1.54) is 6.92 Å². The Bertz CT molecular complexity index is 769. The summed E-state index contributed by atoms with van der Waals surface area (Å²) in [4.78, 5) is 23.4. The second kappa shape index (κ2) is 8.33. The van der Waals surface area contributed by atoms with E-state index in [1.54, 1.807) is 24.3 Å². The van der Waals surface area contributed by atoms with Crippen LogP contribution in [-0.4, -0.2) is 18.4 Å². The van der Waals surface area contributed by atoms with Crippen molar-refractivity contribution in [2.75, 3.05) is 17.2 Å². The molecule has 2 aromatic carbocycles. The minimum atomic E-state index is -0.221. The summed E-state index contributed by atoms with van der Waals surface area (Å²) in [5.41, 5.74) is 3.60. The van der Waals surface area contributed by atoms with E-state index in [-0.39, 0.29) is 18.4 Å². The van der Waals surface area contributed by atoms with Crippen LogP contribution in [0.25, 0.3) is 0 Å². The Balaban J connectivity index is 2.01. The number of carbonyl (C=O) groups is 2. The van der Waals surface area contributed by atoms with E-state index < -0.39 is 0 Å². The van der Waals surface area contributed by atoms with Crippen LogP contribution >= 0.6 is 0 Å². The third kappa shape index (κ3) is 5.35. The van der Waals surface area contributed by atoms with Crippen molar-refractivity contribution < 1.29 is 14.3 Å². The molecule has 0 saturated heterocycles. The molecule has 2 aromatic rings. The fourth-order valence-electron chi connectivity index (χ4n) is 2.53. The summed E-state index contributed by atoms with van der Waals surface area (Å²) in [6.07, 6.45) is 0. The normalized spacial score (nSPS) is 10.4. The highest BCUT2D eigenvalue weighted by Crippen LogP contribution is 2.27. The number of carbonyl (C=O) groups excluding carboxylic acids is 2. The molecule has 2 amide bonds. The molecule has 25 heavy (non-hydrogen) atoms. The third-order valence-corrected chi connectivity index (χ3v) is 3.72. The molecule has 0 atom stereocenters. The lowest BCUT2D eigenvalue weighted by molar-refractivity contribution is -0.118. The van der Waals surface area contributed by atoms with E-state index in [1.807, 2.05) is 25.1 Å². The van der Waals surface area contributed by atoms with Crippen molar-refractivity contribution in [3.63, 3.8) is 0 Å². The van der Waals surface area contributed by atoms with Crippen LogP contribution in [0, 0.1) is 6.92 Å². The lowest BCUT2D eigenvalue weighted by atomic mass is 9.98. The van der Waals surface area contributed by atoms with Gasteiger partial charge in [-0.3, -0.25) is 9.59 Å². The summed E-state index contributed by atoms with van der Waals surface area (Å²) in [6.45, 7) is 7.49. The third-order valence-electron chi connectivity index (χ3n) is 3.72. The van der Waals surface area contributed by atoms with Crippen molar-refractivity contribution in [1.82, 2.24) is 0 Å². The predicted octanol–water partition coefficient (Wildman–Crippen LogP) is 4.09. The highest BCUT2D eigenvalue weighted by molar-refractivity contribution is 5.93. The zero-order chi connectivity index (χ0) is 18.4. The number of rotatable bonds is 6. The van der Waals surface area contributed by atoms with E-state index >= 15 is 0 Å². The molecule has 0 saturated carbocycles. The molecule has 0 aliphatic carbocycles. The Kier molecular flexibility index (Phi) is 6.17. The van der Waals surface area contributed by atoms with Crippen molar-refractivity contribution in [2.24, 2.45) is 0 Å². The number of benzene rings is 2. The van der Waals surface area contributed by atoms with Crippen LogP contribution in [0.1, 0.15) is 37.8 Å². The standard InChI is InChI=1S/C20H24N2O3/c1-13(2)18-10-5-7-14(3)20(18)22-19(24)12-25-17-9-6-8-16(11-17)21-15(4)23/h5-11,13H,12H2,1-4H3,(H,21,23)(H,22,24). The Morgan fingerprint density at radius 2 is 1.80 bits per heavy atom. The maximum atomic E-state index is 12.3. The molecular weight excluding hydrogens is 316 g/mol. The van der Waals surface area contributed by atoms with Gasteiger partial charge < -0.3 is 15.4 Å². The number of anilines is 2. The topological polar surface area (TPSA) is 67.4 Å². The molecular formula is C20H24N2O3. The first kappa shape index (κ1) is 18.5. The van der Waals surface area contributed by atoms with E-state index in [0.717, 1.165) is 16.8 Å². The van der Waals surface area contributed by atoms with Crippen LogP contribution in [0.3, 0.4) is 0 Å². The van der Waals surface area contributed by atoms with Gasteiger partial charge in [0.05, 0.1) is 0 Å². The van der Waals surface area contributed by atoms with Crippen molar-refractivity contribution in [3.05, 3.63) is 53.6 Å². The number of para-hydroxylation sites is 1. The van der Waals surface area contributed by atoms with E-state index in [0.29, 0.717) is 17.4 Å². The van der Waals surface area contributed by atoms with Crippen LogP contribution in [0.4, 0.5) is 11.4 Å². The predicted molar refractivity (Wildman–Crippen MR) is 100 cm³/mol. The maximum absolute atomic E-state index is 12.3. The number of amides is 2. The first-order valence-electron chi connectivity index (χ1n) is 8.26. The van der Waals surface area contributed by atoms with Crippen molar-refractivity contribution in [3.8, 4) is 5.75 Å². The number of aryl methyl sites for hydroxylation is 1. The molecule has 0 spiro atoms. The average molecular weight is 340 g/mol. The molecule has 5 nitrogen and oxygen atoms in total. The fourth-order valence-corrected chi connectivity index (χ4v) is 2.53. The van der Waals surface area contributed by atoms with Gasteiger partial charge in [0.15, 0.2) is 6.61 Å². The monoisotopic (exact) mass is 340 g/mol. The minimum Gasteiger partial charge on any atom is -0.484 e. The number of hydrogen-bond acceptors (Lipinski definition) is 3. The molecule has 5 heteroatoms.